The molecule has 0 aliphatic carbocycles. The summed E-state index contributed by atoms with van der Waals surface area (Å²) < 4.78 is 59.0. The third-order valence-corrected chi connectivity index (χ3v) is 4.05. The fourth-order valence-electron chi connectivity index (χ4n) is 2.41. The number of alkyl halides is 2. The number of anilines is 1. The normalized spacial score (nSPS) is 11.4. The summed E-state index contributed by atoms with van der Waals surface area (Å²) in [5.41, 5.74) is 5.04. The van der Waals surface area contributed by atoms with Gasteiger partial charge in [0.05, 0.1) is 17.7 Å². The van der Waals surface area contributed by atoms with Crippen molar-refractivity contribution in [2.24, 2.45) is 0 Å². The van der Waals surface area contributed by atoms with E-state index < -0.39 is 24.4 Å². The van der Waals surface area contributed by atoms with Crippen LogP contribution >= 0.6 is 12.3 Å². The summed E-state index contributed by atoms with van der Waals surface area (Å²) in [4.78, 5) is 16.2. The van der Waals surface area contributed by atoms with Gasteiger partial charge in [0.15, 0.2) is 12.3 Å². The van der Waals surface area contributed by atoms with Crippen molar-refractivity contribution in [1.29, 1.82) is 0 Å². The van der Waals surface area contributed by atoms with E-state index in [4.69, 9.17) is 10.5 Å². The number of fused-ring (bicyclic) bond motifs is 1. The standard InChI is InChI=1S/C15H12F4N4O2S/c16-8-4-10-14(11(5-8)25-7-12(17)18)21-13(23(10)26-19)6-22-3-1-2-9(20)15(22)24/h1-5,12H,6-7,20H2. The zero-order valence-electron chi connectivity index (χ0n) is 13.0. The van der Waals surface area contributed by atoms with Gasteiger partial charge in [-0.05, 0) is 12.1 Å². The Morgan fingerprint density at radius 2 is 2.12 bits per heavy atom. The number of halogens is 4. The largest absolute Gasteiger partial charge is 0.485 e. The molecule has 2 heterocycles. The number of aromatic nitrogens is 3. The zero-order valence-corrected chi connectivity index (χ0v) is 13.9. The molecule has 0 unspecified atom stereocenters. The van der Waals surface area contributed by atoms with Crippen LogP contribution in [0.15, 0.2) is 35.3 Å². The molecule has 2 N–H and O–H groups in total. The van der Waals surface area contributed by atoms with E-state index in [2.05, 4.69) is 4.98 Å². The summed E-state index contributed by atoms with van der Waals surface area (Å²) in [5.74, 6) is -0.994. The predicted octanol–water partition coefficient (Wildman–Crippen LogP) is 2.99. The van der Waals surface area contributed by atoms with Gasteiger partial charge < -0.3 is 15.0 Å². The van der Waals surface area contributed by atoms with Crippen LogP contribution in [-0.2, 0) is 6.54 Å². The van der Waals surface area contributed by atoms with Crippen molar-refractivity contribution in [3.05, 3.63) is 52.5 Å². The number of nitrogen functional groups attached to an aromatic ring is 1. The smallest absolute Gasteiger partial charge is 0.274 e. The van der Waals surface area contributed by atoms with Gasteiger partial charge in [-0.1, -0.05) is 0 Å². The first-order valence-corrected chi connectivity index (χ1v) is 7.94. The first-order valence-electron chi connectivity index (χ1n) is 7.26. The molecular formula is C15H12F4N4O2S. The van der Waals surface area contributed by atoms with E-state index in [1.165, 1.54) is 22.9 Å². The Morgan fingerprint density at radius 3 is 2.81 bits per heavy atom. The second kappa shape index (κ2) is 7.28. The third kappa shape index (κ3) is 3.47. The van der Waals surface area contributed by atoms with Gasteiger partial charge in [-0.3, -0.25) is 4.79 Å². The summed E-state index contributed by atoms with van der Waals surface area (Å²) >= 11 is -0.260. The Hall–Kier alpha value is -2.69. The van der Waals surface area contributed by atoms with E-state index in [1.54, 1.807) is 0 Å². The van der Waals surface area contributed by atoms with Gasteiger partial charge in [0, 0.05) is 18.3 Å². The van der Waals surface area contributed by atoms with Crippen molar-refractivity contribution in [1.82, 2.24) is 13.5 Å². The quantitative estimate of drug-likeness (QED) is 0.657. The summed E-state index contributed by atoms with van der Waals surface area (Å²) in [7, 11) is 0. The van der Waals surface area contributed by atoms with Crippen LogP contribution in [0.3, 0.4) is 0 Å². The average molecular weight is 388 g/mol. The molecule has 0 radical (unpaired) electrons. The first kappa shape index (κ1) is 18.1. The molecule has 6 nitrogen and oxygen atoms in total. The van der Waals surface area contributed by atoms with E-state index in [9.17, 15) is 21.9 Å². The maximum atomic E-state index is 13.8. The molecule has 0 fully saturated rings. The van der Waals surface area contributed by atoms with E-state index >= 15 is 0 Å². The SMILES string of the molecule is Nc1cccn(Cc2nc3c(OCC(F)F)cc(F)cc3n2SF)c1=O. The minimum atomic E-state index is -2.77. The molecule has 1 aromatic carbocycles. The summed E-state index contributed by atoms with van der Waals surface area (Å²) in [6.45, 7) is -1.12. The van der Waals surface area contributed by atoms with Crippen molar-refractivity contribution < 1.29 is 21.8 Å². The molecule has 3 rings (SSSR count). The minimum absolute atomic E-state index is 0.00384. The maximum Gasteiger partial charge on any atom is 0.274 e. The van der Waals surface area contributed by atoms with Gasteiger partial charge >= 0.3 is 0 Å². The van der Waals surface area contributed by atoms with Crippen molar-refractivity contribution in [2.75, 3.05) is 12.3 Å². The topological polar surface area (TPSA) is 75.1 Å². The number of pyridine rings is 1. The fraction of sp³-hybridized carbons (Fsp3) is 0.200. The Morgan fingerprint density at radius 1 is 1.35 bits per heavy atom. The van der Waals surface area contributed by atoms with Crippen LogP contribution < -0.4 is 16.0 Å². The zero-order chi connectivity index (χ0) is 18.8. The van der Waals surface area contributed by atoms with Gasteiger partial charge in [-0.2, -0.15) is 0 Å². The van der Waals surface area contributed by atoms with E-state index in [-0.39, 0.29) is 47.2 Å². The van der Waals surface area contributed by atoms with Crippen molar-refractivity contribution in [3.8, 4) is 5.75 Å². The van der Waals surface area contributed by atoms with Crippen LogP contribution in [-0.4, -0.2) is 26.6 Å². The molecule has 0 saturated carbocycles. The molecule has 26 heavy (non-hydrogen) atoms. The molecule has 138 valence electrons. The lowest BCUT2D eigenvalue weighted by Crippen LogP contribution is -2.23. The first-order chi connectivity index (χ1) is 12.4. The Balaban J connectivity index is 2.10. The monoisotopic (exact) mass is 388 g/mol. The molecule has 0 spiro atoms. The number of imidazole rings is 1. The molecule has 0 atom stereocenters. The molecule has 0 amide bonds. The fourth-order valence-corrected chi connectivity index (χ4v) is 2.80. The Bertz CT molecular complexity index is 1010. The summed E-state index contributed by atoms with van der Waals surface area (Å²) in [5, 5.41) is 0. The van der Waals surface area contributed by atoms with Gasteiger partial charge in [0.2, 0.25) is 0 Å². The lowest BCUT2D eigenvalue weighted by atomic mass is 10.3. The summed E-state index contributed by atoms with van der Waals surface area (Å²) in [6, 6.07) is 4.83. The lowest BCUT2D eigenvalue weighted by Gasteiger charge is -2.07. The molecule has 0 bridgehead atoms. The molecular weight excluding hydrogens is 376 g/mol. The molecule has 0 aliphatic rings. The highest BCUT2D eigenvalue weighted by atomic mass is 32.2. The Labute approximate surface area is 148 Å². The second-order valence-electron chi connectivity index (χ2n) is 5.26. The molecule has 0 saturated heterocycles. The van der Waals surface area contributed by atoms with E-state index in [0.29, 0.717) is 0 Å². The van der Waals surface area contributed by atoms with Crippen LogP contribution in [0.25, 0.3) is 11.0 Å². The number of ether oxygens (including phenoxy) is 1. The number of hydrogen-bond donors (Lipinski definition) is 1. The second-order valence-corrected chi connectivity index (χ2v) is 5.76. The number of benzene rings is 1. The van der Waals surface area contributed by atoms with Crippen molar-refractivity contribution in [2.45, 2.75) is 13.0 Å². The van der Waals surface area contributed by atoms with Crippen LogP contribution in [0.4, 0.5) is 22.7 Å². The molecule has 0 aliphatic heterocycles. The van der Waals surface area contributed by atoms with Crippen LogP contribution in [0, 0.1) is 5.82 Å². The average Bonchev–Trinajstić information content (AvgIpc) is 2.93. The highest BCUT2D eigenvalue weighted by molar-refractivity contribution is 7.92. The van der Waals surface area contributed by atoms with Gasteiger partial charge in [-0.15, -0.1) is 3.89 Å². The maximum absolute atomic E-state index is 13.8. The van der Waals surface area contributed by atoms with E-state index in [0.717, 1.165) is 16.1 Å². The Kier molecular flexibility index (Phi) is 5.07. The van der Waals surface area contributed by atoms with Gasteiger partial charge in [0.1, 0.15) is 29.5 Å². The minimum Gasteiger partial charge on any atom is -0.485 e. The predicted molar refractivity (Wildman–Crippen MR) is 89.5 cm³/mol. The number of nitrogens with two attached hydrogens (primary N) is 1. The van der Waals surface area contributed by atoms with E-state index in [1.807, 2.05) is 0 Å². The highest BCUT2D eigenvalue weighted by Gasteiger charge is 2.19. The number of rotatable bonds is 6. The van der Waals surface area contributed by atoms with Gasteiger partial charge in [0.25, 0.3) is 12.0 Å². The lowest BCUT2D eigenvalue weighted by molar-refractivity contribution is 0.0824. The van der Waals surface area contributed by atoms with Crippen LogP contribution in [0.5, 0.6) is 5.75 Å². The van der Waals surface area contributed by atoms with Gasteiger partial charge in [-0.25, -0.2) is 22.1 Å². The number of hydrogen-bond acceptors (Lipinski definition) is 5. The molecule has 11 heteroatoms. The number of nitrogens with zero attached hydrogens (tertiary/aromatic N) is 3. The molecule has 3 aromatic rings. The molecule has 2 aromatic heterocycles. The highest BCUT2D eigenvalue weighted by Crippen LogP contribution is 2.31. The van der Waals surface area contributed by atoms with Crippen molar-refractivity contribution >= 4 is 29.1 Å². The van der Waals surface area contributed by atoms with Crippen LogP contribution in [0.1, 0.15) is 5.82 Å². The third-order valence-electron chi connectivity index (χ3n) is 3.51. The van der Waals surface area contributed by atoms with Crippen LogP contribution in [0.2, 0.25) is 0 Å². The van der Waals surface area contributed by atoms with Crippen molar-refractivity contribution in [3.63, 3.8) is 0 Å². The summed E-state index contributed by atoms with van der Waals surface area (Å²) in [6.07, 6.45) is -1.34.